The van der Waals surface area contributed by atoms with E-state index < -0.39 is 5.60 Å². The molecule has 1 aliphatic heterocycles. The van der Waals surface area contributed by atoms with Crippen molar-refractivity contribution in [3.8, 4) is 0 Å². The maximum atomic E-state index is 11.8. The molecular formula is C18H35N3O2. The average Bonchev–Trinajstić information content (AvgIpc) is 2.51. The highest BCUT2D eigenvalue weighted by molar-refractivity contribution is 5.67. The van der Waals surface area contributed by atoms with Crippen LogP contribution in [0.4, 0.5) is 4.79 Å². The van der Waals surface area contributed by atoms with Gasteiger partial charge in [0.1, 0.15) is 5.60 Å². The molecule has 23 heavy (non-hydrogen) atoms. The standard InChI is InChI=1S/C18H35N3O2/c1-18(2,3)23-17(22)21-12-14-8-4-5-10-16(14)20-13-15-9-6-7-11-19-15/h14-16,19-20H,4-13H2,1-3H3,(H,21,22). The lowest BCUT2D eigenvalue weighted by Crippen LogP contribution is -2.49. The van der Waals surface area contributed by atoms with Crippen molar-refractivity contribution in [2.24, 2.45) is 5.92 Å². The molecule has 2 aliphatic rings. The summed E-state index contributed by atoms with van der Waals surface area (Å²) in [7, 11) is 0. The highest BCUT2D eigenvalue weighted by Crippen LogP contribution is 2.24. The molecule has 0 aromatic heterocycles. The van der Waals surface area contributed by atoms with Gasteiger partial charge in [-0.05, 0) is 58.9 Å². The Morgan fingerprint density at radius 2 is 1.83 bits per heavy atom. The highest BCUT2D eigenvalue weighted by atomic mass is 16.6. The van der Waals surface area contributed by atoms with Crippen molar-refractivity contribution in [1.29, 1.82) is 0 Å². The van der Waals surface area contributed by atoms with Gasteiger partial charge < -0.3 is 20.7 Å². The molecule has 0 radical (unpaired) electrons. The number of ether oxygens (including phenoxy) is 1. The summed E-state index contributed by atoms with van der Waals surface area (Å²) in [4.78, 5) is 11.8. The van der Waals surface area contributed by atoms with E-state index in [0.29, 0.717) is 24.5 Å². The molecule has 1 heterocycles. The fourth-order valence-electron chi connectivity index (χ4n) is 3.64. The number of amides is 1. The Labute approximate surface area is 141 Å². The predicted octanol–water partition coefficient (Wildman–Crippen LogP) is 2.80. The zero-order valence-corrected chi connectivity index (χ0v) is 15.1. The summed E-state index contributed by atoms with van der Waals surface area (Å²) < 4.78 is 5.34. The van der Waals surface area contributed by atoms with Crippen molar-refractivity contribution in [1.82, 2.24) is 16.0 Å². The van der Waals surface area contributed by atoms with E-state index in [9.17, 15) is 4.79 Å². The minimum atomic E-state index is -0.430. The average molecular weight is 325 g/mol. The summed E-state index contributed by atoms with van der Waals surface area (Å²) in [5.74, 6) is 0.514. The van der Waals surface area contributed by atoms with Crippen LogP contribution >= 0.6 is 0 Å². The molecule has 0 bridgehead atoms. The molecule has 1 saturated heterocycles. The SMILES string of the molecule is CC(C)(C)OC(=O)NCC1CCCCC1NCC1CCCCN1. The van der Waals surface area contributed by atoms with Crippen molar-refractivity contribution < 1.29 is 9.53 Å². The maximum absolute atomic E-state index is 11.8. The molecule has 1 amide bonds. The van der Waals surface area contributed by atoms with Crippen LogP contribution in [0.5, 0.6) is 0 Å². The van der Waals surface area contributed by atoms with Crippen molar-refractivity contribution in [3.63, 3.8) is 0 Å². The van der Waals surface area contributed by atoms with Gasteiger partial charge in [-0.1, -0.05) is 19.3 Å². The molecule has 3 unspecified atom stereocenters. The largest absolute Gasteiger partial charge is 0.444 e. The van der Waals surface area contributed by atoms with Crippen molar-refractivity contribution in [2.75, 3.05) is 19.6 Å². The monoisotopic (exact) mass is 325 g/mol. The van der Waals surface area contributed by atoms with Gasteiger partial charge in [0, 0.05) is 25.2 Å². The topological polar surface area (TPSA) is 62.4 Å². The van der Waals surface area contributed by atoms with E-state index in [4.69, 9.17) is 4.74 Å². The number of carbonyl (C=O) groups excluding carboxylic acids is 1. The van der Waals surface area contributed by atoms with E-state index in [1.807, 2.05) is 20.8 Å². The smallest absolute Gasteiger partial charge is 0.407 e. The van der Waals surface area contributed by atoms with Gasteiger partial charge in [-0.15, -0.1) is 0 Å². The second-order valence-electron chi connectivity index (χ2n) is 8.09. The fourth-order valence-corrected chi connectivity index (χ4v) is 3.64. The van der Waals surface area contributed by atoms with Crippen molar-refractivity contribution in [3.05, 3.63) is 0 Å². The number of rotatable bonds is 5. The quantitative estimate of drug-likeness (QED) is 0.727. The first-order valence-corrected chi connectivity index (χ1v) is 9.37. The van der Waals surface area contributed by atoms with Crippen LogP contribution < -0.4 is 16.0 Å². The van der Waals surface area contributed by atoms with E-state index in [-0.39, 0.29) is 6.09 Å². The van der Waals surface area contributed by atoms with E-state index in [0.717, 1.165) is 13.1 Å². The third-order valence-corrected chi connectivity index (χ3v) is 4.86. The van der Waals surface area contributed by atoms with Crippen LogP contribution in [0.3, 0.4) is 0 Å². The van der Waals surface area contributed by atoms with Crippen molar-refractivity contribution >= 4 is 6.09 Å². The molecule has 1 aliphatic carbocycles. The number of carbonyl (C=O) groups is 1. The normalized spacial score (nSPS) is 29.1. The fraction of sp³-hybridized carbons (Fsp3) is 0.944. The third kappa shape index (κ3) is 7.08. The van der Waals surface area contributed by atoms with Crippen LogP contribution in [0.25, 0.3) is 0 Å². The van der Waals surface area contributed by atoms with Crippen LogP contribution in [0.2, 0.25) is 0 Å². The molecule has 1 saturated carbocycles. The number of nitrogens with one attached hydrogen (secondary N) is 3. The zero-order valence-electron chi connectivity index (χ0n) is 15.1. The van der Waals surface area contributed by atoms with Crippen molar-refractivity contribution in [2.45, 2.75) is 83.4 Å². The number of alkyl carbamates (subject to hydrolysis) is 1. The molecule has 5 nitrogen and oxygen atoms in total. The van der Waals surface area contributed by atoms with Crippen LogP contribution in [-0.2, 0) is 4.74 Å². The number of hydrogen-bond acceptors (Lipinski definition) is 4. The van der Waals surface area contributed by atoms with Gasteiger partial charge in [0.2, 0.25) is 0 Å². The van der Waals surface area contributed by atoms with Gasteiger partial charge >= 0.3 is 6.09 Å². The lowest BCUT2D eigenvalue weighted by atomic mass is 9.84. The molecule has 2 rings (SSSR count). The molecular weight excluding hydrogens is 290 g/mol. The Morgan fingerprint density at radius 1 is 1.09 bits per heavy atom. The van der Waals surface area contributed by atoms with Gasteiger partial charge in [0.25, 0.3) is 0 Å². The first-order valence-electron chi connectivity index (χ1n) is 9.37. The second kappa shape index (κ2) is 8.88. The van der Waals surface area contributed by atoms with E-state index >= 15 is 0 Å². The van der Waals surface area contributed by atoms with Crippen LogP contribution in [0.15, 0.2) is 0 Å². The van der Waals surface area contributed by atoms with Crippen LogP contribution in [-0.4, -0.2) is 43.4 Å². The Hall–Kier alpha value is -0.810. The first kappa shape index (κ1) is 18.5. The van der Waals surface area contributed by atoms with E-state index in [1.54, 1.807) is 0 Å². The summed E-state index contributed by atoms with van der Waals surface area (Å²) in [5, 5.41) is 10.3. The van der Waals surface area contributed by atoms with Gasteiger partial charge in [0.15, 0.2) is 0 Å². The van der Waals surface area contributed by atoms with E-state index in [2.05, 4.69) is 16.0 Å². The zero-order chi connectivity index (χ0) is 16.7. The van der Waals surface area contributed by atoms with Gasteiger partial charge in [-0.3, -0.25) is 0 Å². The molecule has 2 fully saturated rings. The Bertz CT molecular complexity index is 362. The summed E-state index contributed by atoms with van der Waals surface area (Å²) in [6.45, 7) is 8.61. The molecule has 0 spiro atoms. The number of piperidine rings is 1. The Balaban J connectivity index is 1.73. The Kier molecular flexibility index (Phi) is 7.15. The maximum Gasteiger partial charge on any atom is 0.407 e. The molecule has 134 valence electrons. The number of hydrogen-bond donors (Lipinski definition) is 3. The molecule has 0 aromatic rings. The second-order valence-corrected chi connectivity index (χ2v) is 8.09. The summed E-state index contributed by atoms with van der Waals surface area (Å²) in [6, 6.07) is 1.13. The lowest BCUT2D eigenvalue weighted by molar-refractivity contribution is 0.0510. The minimum Gasteiger partial charge on any atom is -0.444 e. The lowest BCUT2D eigenvalue weighted by Gasteiger charge is -2.34. The van der Waals surface area contributed by atoms with Gasteiger partial charge in [-0.25, -0.2) is 4.79 Å². The van der Waals surface area contributed by atoms with Gasteiger partial charge in [0.05, 0.1) is 0 Å². The van der Waals surface area contributed by atoms with Gasteiger partial charge in [-0.2, -0.15) is 0 Å². The first-order chi connectivity index (χ1) is 10.9. The summed E-state index contributed by atoms with van der Waals surface area (Å²) in [5.41, 5.74) is -0.430. The molecule has 3 N–H and O–H groups in total. The molecule has 5 heteroatoms. The summed E-state index contributed by atoms with van der Waals surface area (Å²) in [6.07, 6.45) is 8.59. The van der Waals surface area contributed by atoms with E-state index in [1.165, 1.54) is 44.9 Å². The third-order valence-electron chi connectivity index (χ3n) is 4.86. The Morgan fingerprint density at radius 3 is 2.52 bits per heavy atom. The minimum absolute atomic E-state index is 0.296. The summed E-state index contributed by atoms with van der Waals surface area (Å²) >= 11 is 0. The molecule has 0 aromatic carbocycles. The predicted molar refractivity (Wildman–Crippen MR) is 93.6 cm³/mol. The highest BCUT2D eigenvalue weighted by Gasteiger charge is 2.27. The van der Waals surface area contributed by atoms with Crippen LogP contribution in [0.1, 0.15) is 65.7 Å². The van der Waals surface area contributed by atoms with Crippen LogP contribution in [0, 0.1) is 5.92 Å². The molecule has 3 atom stereocenters.